The highest BCUT2D eigenvalue weighted by molar-refractivity contribution is 5.91. The van der Waals surface area contributed by atoms with Crippen LogP contribution < -0.4 is 4.74 Å². The molecule has 98 valence electrons. The average Bonchev–Trinajstić information content (AvgIpc) is 2.40. The van der Waals surface area contributed by atoms with Gasteiger partial charge < -0.3 is 4.74 Å². The first-order valence-electron chi connectivity index (χ1n) is 6.25. The molecule has 0 spiro atoms. The predicted octanol–water partition coefficient (Wildman–Crippen LogP) is 4.53. The quantitative estimate of drug-likeness (QED) is 0.780. The number of pyridine rings is 1. The molecule has 1 heterocycles. The van der Waals surface area contributed by atoms with Crippen molar-refractivity contribution in [3.63, 3.8) is 0 Å². The number of hydrogen-bond donors (Lipinski definition) is 0. The number of benzene rings is 1. The van der Waals surface area contributed by atoms with Gasteiger partial charge in [0.2, 0.25) is 0 Å². The summed E-state index contributed by atoms with van der Waals surface area (Å²) in [7, 11) is 1.49. The first kappa shape index (κ1) is 14.4. The van der Waals surface area contributed by atoms with E-state index in [0.717, 1.165) is 16.3 Å². The van der Waals surface area contributed by atoms with Gasteiger partial charge in [-0.15, -0.1) is 0 Å². The summed E-state index contributed by atoms with van der Waals surface area (Å²) in [4.78, 5) is 4.16. The standard InChI is InChI=1S/C13H14FNO.C2H6/c1-8(2)10-7-15-6-9-4-5-11(14)13(16-3)12(9)10;1-2/h4-8H,1-3H3;1-2H3. The lowest BCUT2D eigenvalue weighted by Gasteiger charge is -2.13. The van der Waals surface area contributed by atoms with Gasteiger partial charge in [0.1, 0.15) is 0 Å². The second kappa shape index (κ2) is 6.34. The fourth-order valence-corrected chi connectivity index (χ4v) is 1.88. The molecule has 2 rings (SSSR count). The maximum absolute atomic E-state index is 13.6. The van der Waals surface area contributed by atoms with Gasteiger partial charge in [0.15, 0.2) is 11.6 Å². The molecule has 3 heteroatoms. The van der Waals surface area contributed by atoms with Gasteiger partial charge in [-0.25, -0.2) is 4.39 Å². The minimum absolute atomic E-state index is 0.284. The number of halogens is 1. The number of aromatic nitrogens is 1. The van der Waals surface area contributed by atoms with Gasteiger partial charge in [-0.1, -0.05) is 27.7 Å². The smallest absolute Gasteiger partial charge is 0.165 e. The van der Waals surface area contributed by atoms with Gasteiger partial charge in [-0.3, -0.25) is 4.98 Å². The van der Waals surface area contributed by atoms with E-state index in [1.165, 1.54) is 13.2 Å². The molecule has 1 aromatic heterocycles. The van der Waals surface area contributed by atoms with Gasteiger partial charge >= 0.3 is 0 Å². The van der Waals surface area contributed by atoms with E-state index in [-0.39, 0.29) is 11.7 Å². The number of fused-ring (bicyclic) bond motifs is 1. The molecule has 0 aliphatic heterocycles. The van der Waals surface area contributed by atoms with Crippen LogP contribution >= 0.6 is 0 Å². The van der Waals surface area contributed by atoms with Crippen molar-refractivity contribution in [2.45, 2.75) is 33.6 Å². The third-order valence-electron chi connectivity index (χ3n) is 2.68. The average molecular weight is 249 g/mol. The van der Waals surface area contributed by atoms with Gasteiger partial charge in [0.05, 0.1) is 7.11 Å². The number of ether oxygens (including phenoxy) is 1. The minimum Gasteiger partial charge on any atom is -0.493 e. The van der Waals surface area contributed by atoms with Gasteiger partial charge in [0, 0.05) is 23.2 Å². The fourth-order valence-electron chi connectivity index (χ4n) is 1.88. The molecular formula is C15H20FNO. The van der Waals surface area contributed by atoms with Crippen LogP contribution in [0.2, 0.25) is 0 Å². The van der Waals surface area contributed by atoms with Crippen LogP contribution in [-0.2, 0) is 0 Å². The van der Waals surface area contributed by atoms with E-state index in [4.69, 9.17) is 4.74 Å². The molecule has 0 fully saturated rings. The highest BCUT2D eigenvalue weighted by atomic mass is 19.1. The Morgan fingerprint density at radius 1 is 1.17 bits per heavy atom. The Bertz CT molecular complexity index is 523. The number of nitrogens with zero attached hydrogens (tertiary/aromatic N) is 1. The Morgan fingerprint density at radius 2 is 1.83 bits per heavy atom. The number of rotatable bonds is 2. The van der Waals surface area contributed by atoms with Crippen molar-refractivity contribution < 1.29 is 9.13 Å². The van der Waals surface area contributed by atoms with Crippen LogP contribution in [0.3, 0.4) is 0 Å². The Morgan fingerprint density at radius 3 is 2.39 bits per heavy atom. The fraction of sp³-hybridized carbons (Fsp3) is 0.400. The highest BCUT2D eigenvalue weighted by Gasteiger charge is 2.13. The molecule has 0 unspecified atom stereocenters. The van der Waals surface area contributed by atoms with E-state index < -0.39 is 0 Å². The first-order chi connectivity index (χ1) is 8.65. The Hall–Kier alpha value is -1.64. The zero-order valence-corrected chi connectivity index (χ0v) is 11.6. The van der Waals surface area contributed by atoms with Crippen molar-refractivity contribution in [1.29, 1.82) is 0 Å². The third-order valence-corrected chi connectivity index (χ3v) is 2.68. The van der Waals surface area contributed by atoms with Crippen LogP contribution in [0.25, 0.3) is 10.8 Å². The van der Waals surface area contributed by atoms with Crippen molar-refractivity contribution in [3.8, 4) is 5.75 Å². The zero-order valence-electron chi connectivity index (χ0n) is 11.6. The van der Waals surface area contributed by atoms with Crippen molar-refractivity contribution in [2.24, 2.45) is 0 Å². The maximum Gasteiger partial charge on any atom is 0.165 e. The summed E-state index contributed by atoms with van der Waals surface area (Å²) in [5.74, 6) is 0.263. The number of methoxy groups -OCH3 is 1. The van der Waals surface area contributed by atoms with Crippen molar-refractivity contribution in [1.82, 2.24) is 4.98 Å². The SMILES string of the molecule is CC.COc1c(F)ccc2cncc(C(C)C)c12. The van der Waals surface area contributed by atoms with Crippen LogP contribution in [0.1, 0.15) is 39.2 Å². The normalized spacial score (nSPS) is 10.2. The molecule has 0 aliphatic rings. The van der Waals surface area contributed by atoms with E-state index in [9.17, 15) is 4.39 Å². The zero-order chi connectivity index (χ0) is 13.7. The summed E-state index contributed by atoms with van der Waals surface area (Å²) in [5.41, 5.74) is 1.01. The van der Waals surface area contributed by atoms with Crippen LogP contribution in [0.4, 0.5) is 4.39 Å². The molecule has 0 N–H and O–H groups in total. The number of hydrogen-bond acceptors (Lipinski definition) is 2. The molecule has 1 aromatic carbocycles. The Kier molecular flexibility index (Phi) is 5.08. The Balaban J connectivity index is 0.000000771. The van der Waals surface area contributed by atoms with Crippen molar-refractivity contribution in [2.75, 3.05) is 7.11 Å². The summed E-state index contributed by atoms with van der Waals surface area (Å²) in [6.45, 7) is 8.11. The van der Waals surface area contributed by atoms with Crippen molar-refractivity contribution in [3.05, 3.63) is 35.9 Å². The molecule has 0 bridgehead atoms. The van der Waals surface area contributed by atoms with Crippen LogP contribution in [0.5, 0.6) is 5.75 Å². The molecule has 0 atom stereocenters. The van der Waals surface area contributed by atoms with E-state index >= 15 is 0 Å². The van der Waals surface area contributed by atoms with Gasteiger partial charge in [0.25, 0.3) is 0 Å². The summed E-state index contributed by atoms with van der Waals surface area (Å²) >= 11 is 0. The van der Waals surface area contributed by atoms with Crippen molar-refractivity contribution >= 4 is 10.8 Å². The second-order valence-corrected chi connectivity index (χ2v) is 4.06. The van der Waals surface area contributed by atoms with E-state index in [1.807, 2.05) is 13.8 Å². The summed E-state index contributed by atoms with van der Waals surface area (Å²) in [6.07, 6.45) is 3.50. The molecule has 2 aromatic rings. The molecular weight excluding hydrogens is 229 g/mol. The largest absolute Gasteiger partial charge is 0.493 e. The summed E-state index contributed by atoms with van der Waals surface area (Å²) in [6, 6.07) is 3.14. The maximum atomic E-state index is 13.6. The van der Waals surface area contributed by atoms with Gasteiger partial charge in [-0.05, 0) is 23.6 Å². The molecule has 0 saturated carbocycles. The van der Waals surface area contributed by atoms with E-state index in [0.29, 0.717) is 5.75 Å². The predicted molar refractivity (Wildman–Crippen MR) is 73.7 cm³/mol. The minimum atomic E-state index is -0.330. The van der Waals surface area contributed by atoms with Crippen LogP contribution in [0.15, 0.2) is 24.5 Å². The molecule has 0 amide bonds. The second-order valence-electron chi connectivity index (χ2n) is 4.06. The molecule has 0 aliphatic carbocycles. The van der Waals surface area contributed by atoms with Crippen LogP contribution in [0, 0.1) is 5.82 Å². The lowest BCUT2D eigenvalue weighted by Crippen LogP contribution is -1.96. The summed E-state index contributed by atoms with van der Waals surface area (Å²) < 4.78 is 18.8. The summed E-state index contributed by atoms with van der Waals surface area (Å²) in [5, 5.41) is 1.73. The first-order valence-corrected chi connectivity index (χ1v) is 6.25. The monoisotopic (exact) mass is 249 g/mol. The molecule has 0 radical (unpaired) electrons. The van der Waals surface area contributed by atoms with E-state index in [1.54, 1.807) is 18.5 Å². The van der Waals surface area contributed by atoms with Gasteiger partial charge in [-0.2, -0.15) is 0 Å². The molecule has 0 saturated heterocycles. The molecule has 2 nitrogen and oxygen atoms in total. The lowest BCUT2D eigenvalue weighted by atomic mass is 9.98. The lowest BCUT2D eigenvalue weighted by molar-refractivity contribution is 0.391. The highest BCUT2D eigenvalue weighted by Crippen LogP contribution is 2.34. The topological polar surface area (TPSA) is 22.1 Å². The Labute approximate surface area is 108 Å². The van der Waals surface area contributed by atoms with Crippen LogP contribution in [-0.4, -0.2) is 12.1 Å². The third kappa shape index (κ3) is 2.61. The molecule has 18 heavy (non-hydrogen) atoms. The van der Waals surface area contributed by atoms with E-state index in [2.05, 4.69) is 18.8 Å².